The van der Waals surface area contributed by atoms with Gasteiger partial charge in [0.15, 0.2) is 0 Å². The molecule has 0 fully saturated rings. The topological polar surface area (TPSA) is 37.3 Å². The van der Waals surface area contributed by atoms with E-state index in [1.54, 1.807) is 0 Å². The Kier molecular flexibility index (Phi) is 5.03. The fourth-order valence-corrected chi connectivity index (χ4v) is 1.53. The molecule has 0 heterocycles. The summed E-state index contributed by atoms with van der Waals surface area (Å²) in [5, 5.41) is 9.05. The van der Waals surface area contributed by atoms with Crippen LogP contribution >= 0.6 is 0 Å². The Labute approximate surface area is 75.8 Å². The summed E-state index contributed by atoms with van der Waals surface area (Å²) in [7, 11) is 1.97. The van der Waals surface area contributed by atoms with Crippen LogP contribution in [-0.2, 0) is 4.79 Å². The third-order valence-electron chi connectivity index (χ3n) is 2.82. The Morgan fingerprint density at radius 3 is 2.33 bits per heavy atom. The third-order valence-corrected chi connectivity index (χ3v) is 2.82. The lowest BCUT2D eigenvalue weighted by atomic mass is 9.71. The van der Waals surface area contributed by atoms with Crippen molar-refractivity contribution in [2.45, 2.75) is 45.9 Å². The molecule has 1 atom stereocenters. The van der Waals surface area contributed by atoms with E-state index in [4.69, 9.17) is 5.11 Å². The number of aliphatic carboxylic acids is 1. The Morgan fingerprint density at radius 1 is 1.50 bits per heavy atom. The highest BCUT2D eigenvalue weighted by molar-refractivity contribution is 6.10. The summed E-state index contributed by atoms with van der Waals surface area (Å²) in [6, 6.07) is 0. The average molecular weight is 170 g/mol. The Bertz CT molecular complexity index is 141. The van der Waals surface area contributed by atoms with Crippen LogP contribution in [0.3, 0.4) is 0 Å². The lowest BCUT2D eigenvalue weighted by molar-refractivity contribution is -0.148. The highest BCUT2D eigenvalue weighted by Gasteiger charge is 2.33. The van der Waals surface area contributed by atoms with Gasteiger partial charge in [-0.1, -0.05) is 33.0 Å². The van der Waals surface area contributed by atoms with E-state index >= 15 is 0 Å². The van der Waals surface area contributed by atoms with Crippen molar-refractivity contribution in [3.8, 4) is 0 Å². The van der Waals surface area contributed by atoms with Crippen LogP contribution in [0.25, 0.3) is 0 Å². The predicted octanol–water partition coefficient (Wildman–Crippen LogP) is 1.71. The van der Waals surface area contributed by atoms with Crippen LogP contribution in [0.1, 0.15) is 39.5 Å². The fraction of sp³-hybridized carbons (Fsp3) is 0.889. The predicted molar refractivity (Wildman–Crippen MR) is 53.2 cm³/mol. The van der Waals surface area contributed by atoms with Gasteiger partial charge in [-0.3, -0.25) is 4.79 Å². The molecular weight excluding hydrogens is 151 g/mol. The van der Waals surface area contributed by atoms with Gasteiger partial charge in [0, 0.05) is 0 Å². The number of unbranched alkanes of at least 4 members (excludes halogenated alkanes) is 1. The van der Waals surface area contributed by atoms with Gasteiger partial charge in [-0.2, -0.15) is 0 Å². The molecule has 0 bridgehead atoms. The zero-order valence-corrected chi connectivity index (χ0v) is 8.39. The molecule has 0 amide bonds. The van der Waals surface area contributed by atoms with Gasteiger partial charge in [0.05, 0.1) is 5.41 Å². The first-order chi connectivity index (χ1) is 5.63. The molecule has 0 aromatic carbocycles. The Hall–Kier alpha value is -0.465. The third kappa shape index (κ3) is 2.54. The molecule has 12 heavy (non-hydrogen) atoms. The number of carbonyl (C=O) groups is 1. The SMILES string of the molecule is BC[C@@](CC)(CCCC)C(=O)O. The molecule has 70 valence electrons. The number of rotatable bonds is 6. The van der Waals surface area contributed by atoms with E-state index in [9.17, 15) is 4.79 Å². The zero-order valence-electron chi connectivity index (χ0n) is 8.39. The monoisotopic (exact) mass is 170 g/mol. The zero-order chi connectivity index (χ0) is 9.61. The van der Waals surface area contributed by atoms with Gasteiger partial charge >= 0.3 is 5.97 Å². The molecule has 0 saturated heterocycles. The molecule has 0 aliphatic carbocycles. The summed E-state index contributed by atoms with van der Waals surface area (Å²) in [5.74, 6) is -0.624. The summed E-state index contributed by atoms with van der Waals surface area (Å²) in [4.78, 5) is 11.0. The molecule has 0 aliphatic rings. The second-order valence-electron chi connectivity index (χ2n) is 3.40. The first-order valence-corrected chi connectivity index (χ1v) is 4.86. The minimum atomic E-state index is -0.624. The molecule has 0 aliphatic heterocycles. The summed E-state index contributed by atoms with van der Waals surface area (Å²) in [5.41, 5.74) is -0.448. The van der Waals surface area contributed by atoms with Gasteiger partial charge in [0.2, 0.25) is 0 Å². The molecule has 0 radical (unpaired) electrons. The molecule has 0 saturated carbocycles. The number of hydrogen-bond acceptors (Lipinski definition) is 1. The van der Waals surface area contributed by atoms with Crippen molar-refractivity contribution in [3.05, 3.63) is 0 Å². The quantitative estimate of drug-likeness (QED) is 0.616. The molecule has 0 aromatic heterocycles. The van der Waals surface area contributed by atoms with Crippen LogP contribution in [0.5, 0.6) is 0 Å². The summed E-state index contributed by atoms with van der Waals surface area (Å²) >= 11 is 0. The van der Waals surface area contributed by atoms with Crippen LogP contribution in [0.4, 0.5) is 0 Å². The van der Waals surface area contributed by atoms with Crippen molar-refractivity contribution in [1.29, 1.82) is 0 Å². The summed E-state index contributed by atoms with van der Waals surface area (Å²) < 4.78 is 0. The molecule has 2 nitrogen and oxygen atoms in total. The second kappa shape index (κ2) is 5.23. The van der Waals surface area contributed by atoms with Crippen molar-refractivity contribution in [3.63, 3.8) is 0 Å². The number of hydrogen-bond donors (Lipinski definition) is 1. The van der Waals surface area contributed by atoms with Crippen LogP contribution in [-0.4, -0.2) is 18.9 Å². The molecular formula is C9H19BO2. The number of carboxylic acids is 1. The van der Waals surface area contributed by atoms with E-state index in [1.807, 2.05) is 14.8 Å². The molecule has 0 unspecified atom stereocenters. The minimum absolute atomic E-state index is 0.448. The van der Waals surface area contributed by atoms with Crippen molar-refractivity contribution >= 4 is 13.8 Å². The van der Waals surface area contributed by atoms with E-state index < -0.39 is 11.4 Å². The Balaban J connectivity index is 4.25. The first-order valence-electron chi connectivity index (χ1n) is 4.86. The lowest BCUT2D eigenvalue weighted by Gasteiger charge is -2.26. The minimum Gasteiger partial charge on any atom is -0.481 e. The van der Waals surface area contributed by atoms with Gasteiger partial charge in [0.1, 0.15) is 7.85 Å². The molecule has 3 heteroatoms. The van der Waals surface area contributed by atoms with Crippen molar-refractivity contribution < 1.29 is 9.90 Å². The van der Waals surface area contributed by atoms with Gasteiger partial charge < -0.3 is 5.11 Å². The normalized spacial score (nSPS) is 15.5. The van der Waals surface area contributed by atoms with Gasteiger partial charge in [-0.25, -0.2) is 0 Å². The van der Waals surface area contributed by atoms with E-state index in [-0.39, 0.29) is 0 Å². The molecule has 1 N–H and O–H groups in total. The van der Waals surface area contributed by atoms with Crippen LogP contribution in [0.15, 0.2) is 0 Å². The largest absolute Gasteiger partial charge is 0.481 e. The smallest absolute Gasteiger partial charge is 0.308 e. The van der Waals surface area contributed by atoms with Crippen molar-refractivity contribution in [2.75, 3.05) is 0 Å². The second-order valence-corrected chi connectivity index (χ2v) is 3.40. The van der Waals surface area contributed by atoms with Crippen LogP contribution in [0, 0.1) is 5.41 Å². The Morgan fingerprint density at radius 2 is 2.08 bits per heavy atom. The van der Waals surface area contributed by atoms with Crippen LogP contribution < -0.4 is 0 Å². The van der Waals surface area contributed by atoms with E-state index in [0.29, 0.717) is 0 Å². The van der Waals surface area contributed by atoms with Gasteiger partial charge in [-0.15, -0.1) is 0 Å². The lowest BCUT2D eigenvalue weighted by Crippen LogP contribution is -2.29. The van der Waals surface area contributed by atoms with Gasteiger partial charge in [0.25, 0.3) is 0 Å². The summed E-state index contributed by atoms with van der Waals surface area (Å²) in [6.07, 6.45) is 4.42. The van der Waals surface area contributed by atoms with E-state index in [1.165, 1.54) is 0 Å². The standard InChI is InChI=1S/C9H19BO2/c1-3-5-6-9(4-2,7-10)8(11)12/h3-7,10H2,1-2H3,(H,11,12)/t9-/m1/s1. The highest BCUT2D eigenvalue weighted by atomic mass is 16.4. The first kappa shape index (κ1) is 11.5. The van der Waals surface area contributed by atoms with Crippen molar-refractivity contribution in [1.82, 2.24) is 0 Å². The average Bonchev–Trinajstić information content (AvgIpc) is 2.07. The molecule has 0 aromatic rings. The van der Waals surface area contributed by atoms with E-state index in [2.05, 4.69) is 6.92 Å². The van der Waals surface area contributed by atoms with Crippen LogP contribution in [0.2, 0.25) is 6.32 Å². The maximum absolute atomic E-state index is 11.0. The molecule has 0 spiro atoms. The fourth-order valence-electron chi connectivity index (χ4n) is 1.53. The van der Waals surface area contributed by atoms with Crippen molar-refractivity contribution in [2.24, 2.45) is 5.41 Å². The van der Waals surface area contributed by atoms with Gasteiger partial charge in [-0.05, 0) is 12.8 Å². The molecule has 0 rings (SSSR count). The maximum Gasteiger partial charge on any atom is 0.308 e. The maximum atomic E-state index is 11.0. The highest BCUT2D eigenvalue weighted by Crippen LogP contribution is 2.32. The summed E-state index contributed by atoms with van der Waals surface area (Å²) in [6.45, 7) is 4.06. The number of carboxylic acid groups (broad SMARTS) is 1. The van der Waals surface area contributed by atoms with E-state index in [0.717, 1.165) is 32.0 Å².